The molecule has 0 unspecified atom stereocenters. The Morgan fingerprint density at radius 2 is 2.05 bits per heavy atom. The average molecular weight is 275 g/mol. The fourth-order valence-corrected chi connectivity index (χ4v) is 1.65. The number of carbonyl (C=O) groups excluding carboxylic acids is 1. The number of nitrogens with one attached hydrogen (secondary N) is 1. The van der Waals surface area contributed by atoms with Gasteiger partial charge in [-0.15, -0.1) is 0 Å². The van der Waals surface area contributed by atoms with Crippen LogP contribution in [0.1, 0.15) is 16.1 Å². The van der Waals surface area contributed by atoms with E-state index in [9.17, 15) is 9.59 Å². The zero-order valence-corrected chi connectivity index (χ0v) is 10.8. The molecule has 104 valence electrons. The van der Waals surface area contributed by atoms with Gasteiger partial charge in [-0.3, -0.25) is 4.79 Å². The van der Waals surface area contributed by atoms with Gasteiger partial charge in [-0.05, 0) is 25.1 Å². The Bertz CT molecular complexity index is 632. The molecule has 0 bridgehead atoms. The second-order valence-corrected chi connectivity index (χ2v) is 4.02. The molecule has 6 nitrogen and oxygen atoms in total. The second-order valence-electron chi connectivity index (χ2n) is 4.02. The van der Waals surface area contributed by atoms with E-state index >= 15 is 0 Å². The molecule has 6 heteroatoms. The molecule has 0 aliphatic rings. The predicted molar refractivity (Wildman–Crippen MR) is 71.0 cm³/mol. The first-order chi connectivity index (χ1) is 9.58. The van der Waals surface area contributed by atoms with Crippen LogP contribution in [-0.2, 0) is 4.79 Å². The van der Waals surface area contributed by atoms with E-state index in [2.05, 4.69) is 5.32 Å². The molecule has 1 aromatic heterocycles. The molecule has 1 amide bonds. The summed E-state index contributed by atoms with van der Waals surface area (Å²) >= 11 is 0. The highest BCUT2D eigenvalue weighted by molar-refractivity contribution is 6.05. The maximum atomic E-state index is 12.0. The van der Waals surface area contributed by atoms with Crippen molar-refractivity contribution in [2.45, 2.75) is 6.92 Å². The normalized spacial score (nSPS) is 10.1. The second kappa shape index (κ2) is 5.92. The highest BCUT2D eigenvalue weighted by atomic mass is 16.5. The van der Waals surface area contributed by atoms with Crippen LogP contribution in [0.15, 0.2) is 41.0 Å². The monoisotopic (exact) mass is 275 g/mol. The molecule has 0 atom stereocenters. The minimum atomic E-state index is -1.09. The number of hydrogen-bond donors (Lipinski definition) is 2. The molecule has 0 aliphatic heterocycles. The van der Waals surface area contributed by atoms with E-state index in [1.54, 1.807) is 37.3 Å². The molecular formula is C14H13NO5. The van der Waals surface area contributed by atoms with Gasteiger partial charge in [0.25, 0.3) is 5.91 Å². The van der Waals surface area contributed by atoms with Crippen molar-refractivity contribution in [3.8, 4) is 5.75 Å². The summed E-state index contributed by atoms with van der Waals surface area (Å²) in [6.07, 6.45) is 1.43. The molecule has 1 aromatic carbocycles. The van der Waals surface area contributed by atoms with Crippen LogP contribution in [0.3, 0.4) is 0 Å². The number of para-hydroxylation sites is 2. The van der Waals surface area contributed by atoms with Crippen molar-refractivity contribution in [3.05, 3.63) is 47.9 Å². The van der Waals surface area contributed by atoms with Gasteiger partial charge in [0.1, 0.15) is 11.5 Å². The lowest BCUT2D eigenvalue weighted by Crippen LogP contribution is -2.15. The zero-order chi connectivity index (χ0) is 14.5. The predicted octanol–water partition coefficient (Wildman–Crippen LogP) is 2.30. The molecule has 0 spiro atoms. The van der Waals surface area contributed by atoms with Gasteiger partial charge in [-0.2, -0.15) is 0 Å². The van der Waals surface area contributed by atoms with Crippen molar-refractivity contribution in [1.82, 2.24) is 0 Å². The topological polar surface area (TPSA) is 88.8 Å². The summed E-state index contributed by atoms with van der Waals surface area (Å²) in [5, 5.41) is 11.3. The maximum Gasteiger partial charge on any atom is 0.341 e. The fourth-order valence-electron chi connectivity index (χ4n) is 1.65. The Labute approximate surface area is 115 Å². The summed E-state index contributed by atoms with van der Waals surface area (Å²) in [5.74, 6) is -0.629. The van der Waals surface area contributed by atoms with Crippen LogP contribution >= 0.6 is 0 Å². The zero-order valence-electron chi connectivity index (χ0n) is 10.8. The Kier molecular flexibility index (Phi) is 4.05. The smallest absolute Gasteiger partial charge is 0.341 e. The third-order valence-corrected chi connectivity index (χ3v) is 2.59. The first-order valence-corrected chi connectivity index (χ1v) is 5.87. The van der Waals surface area contributed by atoms with Crippen LogP contribution in [0.2, 0.25) is 0 Å². The summed E-state index contributed by atoms with van der Waals surface area (Å²) in [6, 6.07) is 8.18. The quantitative estimate of drug-likeness (QED) is 0.874. The van der Waals surface area contributed by atoms with Gasteiger partial charge in [0.2, 0.25) is 0 Å². The Balaban J connectivity index is 2.15. The molecule has 0 saturated heterocycles. The lowest BCUT2D eigenvalue weighted by molar-refractivity contribution is -0.139. The number of carbonyl (C=O) groups is 2. The molecule has 2 rings (SSSR count). The van der Waals surface area contributed by atoms with E-state index in [-0.39, 0.29) is 5.91 Å². The van der Waals surface area contributed by atoms with Crippen LogP contribution in [0.25, 0.3) is 0 Å². The number of aliphatic carboxylic acids is 1. The maximum absolute atomic E-state index is 12.0. The summed E-state index contributed by atoms with van der Waals surface area (Å²) in [7, 11) is 0. The molecular weight excluding hydrogens is 262 g/mol. The summed E-state index contributed by atoms with van der Waals surface area (Å²) in [6.45, 7) is 1.21. The molecule has 0 radical (unpaired) electrons. The fraction of sp³-hybridized carbons (Fsp3) is 0.143. The first-order valence-electron chi connectivity index (χ1n) is 5.87. The number of rotatable bonds is 5. The van der Waals surface area contributed by atoms with Gasteiger partial charge in [0.05, 0.1) is 17.5 Å². The minimum absolute atomic E-state index is 0.296. The van der Waals surface area contributed by atoms with Crippen LogP contribution in [0.5, 0.6) is 5.75 Å². The number of anilines is 1. The van der Waals surface area contributed by atoms with Crippen molar-refractivity contribution >= 4 is 17.6 Å². The van der Waals surface area contributed by atoms with Crippen molar-refractivity contribution < 1.29 is 23.8 Å². The number of amides is 1. The third-order valence-electron chi connectivity index (χ3n) is 2.59. The van der Waals surface area contributed by atoms with Gasteiger partial charge in [0.15, 0.2) is 6.61 Å². The lowest BCUT2D eigenvalue weighted by Gasteiger charge is -2.10. The summed E-state index contributed by atoms with van der Waals surface area (Å²) in [5.41, 5.74) is 0.817. The van der Waals surface area contributed by atoms with Crippen LogP contribution in [0.4, 0.5) is 5.69 Å². The standard InChI is InChI=1S/C14H13NO5/c1-9-10(6-7-19-9)14(18)15-11-4-2-3-5-12(11)20-8-13(16)17/h2-7H,8H2,1H3,(H,15,18)(H,16,17). The van der Waals surface area contributed by atoms with Crippen molar-refractivity contribution in [3.63, 3.8) is 0 Å². The largest absolute Gasteiger partial charge is 0.480 e. The molecule has 0 saturated carbocycles. The number of aryl methyl sites for hydroxylation is 1. The Hall–Kier alpha value is -2.76. The van der Waals surface area contributed by atoms with Gasteiger partial charge in [-0.25, -0.2) is 4.79 Å². The van der Waals surface area contributed by atoms with E-state index < -0.39 is 12.6 Å². The molecule has 0 aliphatic carbocycles. The van der Waals surface area contributed by atoms with Crippen LogP contribution in [-0.4, -0.2) is 23.6 Å². The van der Waals surface area contributed by atoms with E-state index in [4.69, 9.17) is 14.3 Å². The number of ether oxygens (including phenoxy) is 1. The number of carboxylic acid groups (broad SMARTS) is 1. The number of hydrogen-bond acceptors (Lipinski definition) is 4. The van der Waals surface area contributed by atoms with E-state index in [0.29, 0.717) is 22.8 Å². The van der Waals surface area contributed by atoms with Gasteiger partial charge < -0.3 is 19.6 Å². The molecule has 1 heterocycles. The van der Waals surface area contributed by atoms with Gasteiger partial charge in [0, 0.05) is 0 Å². The van der Waals surface area contributed by atoms with E-state index in [0.717, 1.165) is 0 Å². The number of carboxylic acids is 1. The molecule has 20 heavy (non-hydrogen) atoms. The molecule has 2 aromatic rings. The number of furan rings is 1. The molecule has 2 N–H and O–H groups in total. The summed E-state index contributed by atoms with van der Waals surface area (Å²) in [4.78, 5) is 22.6. The van der Waals surface area contributed by atoms with Crippen molar-refractivity contribution in [1.29, 1.82) is 0 Å². The van der Waals surface area contributed by atoms with Crippen LogP contribution in [0, 0.1) is 6.92 Å². The number of benzene rings is 1. The Morgan fingerprint density at radius 1 is 1.30 bits per heavy atom. The molecule has 0 fully saturated rings. The first kappa shape index (κ1) is 13.7. The lowest BCUT2D eigenvalue weighted by atomic mass is 10.2. The summed E-state index contributed by atoms with van der Waals surface area (Å²) < 4.78 is 10.2. The van der Waals surface area contributed by atoms with Crippen LogP contribution < -0.4 is 10.1 Å². The SMILES string of the molecule is Cc1occc1C(=O)Nc1ccccc1OCC(=O)O. The van der Waals surface area contributed by atoms with Gasteiger partial charge in [-0.1, -0.05) is 12.1 Å². The minimum Gasteiger partial charge on any atom is -0.480 e. The van der Waals surface area contributed by atoms with E-state index in [1.807, 2.05) is 0 Å². The van der Waals surface area contributed by atoms with Gasteiger partial charge >= 0.3 is 5.97 Å². The highest BCUT2D eigenvalue weighted by Crippen LogP contribution is 2.24. The van der Waals surface area contributed by atoms with E-state index in [1.165, 1.54) is 6.26 Å². The van der Waals surface area contributed by atoms with Crippen molar-refractivity contribution in [2.24, 2.45) is 0 Å². The average Bonchev–Trinajstić information content (AvgIpc) is 2.84. The Morgan fingerprint density at radius 3 is 2.70 bits per heavy atom. The van der Waals surface area contributed by atoms with Crippen molar-refractivity contribution in [2.75, 3.05) is 11.9 Å². The third kappa shape index (κ3) is 3.17. The highest BCUT2D eigenvalue weighted by Gasteiger charge is 2.14.